The number of H-pyrrole nitrogens is 1. The van der Waals surface area contributed by atoms with Crippen LogP contribution in [0.4, 0.5) is 0 Å². The summed E-state index contributed by atoms with van der Waals surface area (Å²) in [6.45, 7) is 0.934. The summed E-state index contributed by atoms with van der Waals surface area (Å²) in [5.74, 6) is 0. The van der Waals surface area contributed by atoms with Crippen molar-refractivity contribution in [1.29, 1.82) is 0 Å². The fourth-order valence-electron chi connectivity index (χ4n) is 1.35. The second-order valence-corrected chi connectivity index (χ2v) is 5.68. The van der Waals surface area contributed by atoms with E-state index < -0.39 is 10.0 Å². The van der Waals surface area contributed by atoms with Crippen LogP contribution in [0.15, 0.2) is 17.3 Å². The molecule has 0 radical (unpaired) electrons. The van der Waals surface area contributed by atoms with Gasteiger partial charge in [0.15, 0.2) is 5.03 Å². The van der Waals surface area contributed by atoms with Gasteiger partial charge in [0.05, 0.1) is 6.20 Å². The van der Waals surface area contributed by atoms with Gasteiger partial charge in [0.1, 0.15) is 0 Å². The zero-order chi connectivity index (χ0) is 10.9. The maximum absolute atomic E-state index is 11.7. The first-order valence-corrected chi connectivity index (χ1v) is 6.25. The minimum atomic E-state index is -3.44. The maximum atomic E-state index is 11.7. The molecule has 1 aliphatic rings. The predicted octanol–water partition coefficient (Wildman–Crippen LogP) is -0.573. The molecule has 1 heterocycles. The lowest BCUT2D eigenvalue weighted by Crippen LogP contribution is -2.34. The third-order valence-electron chi connectivity index (χ3n) is 2.79. The van der Waals surface area contributed by atoms with Gasteiger partial charge in [0.2, 0.25) is 0 Å². The van der Waals surface area contributed by atoms with E-state index in [9.17, 15) is 8.42 Å². The molecule has 15 heavy (non-hydrogen) atoms. The van der Waals surface area contributed by atoms with Crippen molar-refractivity contribution < 1.29 is 8.42 Å². The molecule has 0 amide bonds. The van der Waals surface area contributed by atoms with Crippen molar-refractivity contribution in [2.45, 2.75) is 17.9 Å². The van der Waals surface area contributed by atoms with Gasteiger partial charge in [-0.2, -0.15) is 5.10 Å². The number of hydrogen-bond acceptors (Lipinski definition) is 4. The fourth-order valence-corrected chi connectivity index (χ4v) is 2.41. The predicted molar refractivity (Wildman–Crippen MR) is 54.5 cm³/mol. The Hall–Kier alpha value is -0.920. The summed E-state index contributed by atoms with van der Waals surface area (Å²) in [6.07, 6.45) is 3.40. The largest absolute Gasteiger partial charge is 0.330 e. The zero-order valence-electron chi connectivity index (χ0n) is 8.23. The van der Waals surface area contributed by atoms with Gasteiger partial charge in [-0.15, -0.1) is 0 Å². The van der Waals surface area contributed by atoms with Crippen LogP contribution in [0.25, 0.3) is 0 Å². The smallest absolute Gasteiger partial charge is 0.257 e. The first kappa shape index (κ1) is 10.6. The molecular formula is C8H14N4O2S. The average molecular weight is 230 g/mol. The SMILES string of the molecule is NCC1(CNS(=O)(=O)c2ccn[nH]2)CC1. The van der Waals surface area contributed by atoms with E-state index in [1.807, 2.05) is 0 Å². The number of aromatic nitrogens is 2. The van der Waals surface area contributed by atoms with Crippen molar-refractivity contribution in [3.63, 3.8) is 0 Å². The van der Waals surface area contributed by atoms with Crippen LogP contribution in [0.1, 0.15) is 12.8 Å². The van der Waals surface area contributed by atoms with Gasteiger partial charge in [0, 0.05) is 6.54 Å². The van der Waals surface area contributed by atoms with Crippen LogP contribution >= 0.6 is 0 Å². The summed E-state index contributed by atoms with van der Waals surface area (Å²) in [5.41, 5.74) is 5.55. The van der Waals surface area contributed by atoms with Crippen LogP contribution < -0.4 is 10.5 Å². The van der Waals surface area contributed by atoms with Crippen LogP contribution in [-0.4, -0.2) is 31.7 Å². The Morgan fingerprint density at radius 1 is 1.60 bits per heavy atom. The average Bonchev–Trinajstić information content (AvgIpc) is 2.77. The van der Waals surface area contributed by atoms with E-state index >= 15 is 0 Å². The molecule has 2 rings (SSSR count). The number of sulfonamides is 1. The number of nitrogens with one attached hydrogen (secondary N) is 2. The molecule has 0 spiro atoms. The molecule has 7 heteroatoms. The van der Waals surface area contributed by atoms with Crippen molar-refractivity contribution in [1.82, 2.24) is 14.9 Å². The Kier molecular flexibility index (Phi) is 2.53. The number of hydrogen-bond donors (Lipinski definition) is 3. The van der Waals surface area contributed by atoms with Crippen LogP contribution in [0, 0.1) is 5.41 Å². The molecule has 0 bridgehead atoms. The second-order valence-electron chi connectivity index (χ2n) is 3.95. The van der Waals surface area contributed by atoms with E-state index in [1.165, 1.54) is 12.3 Å². The Morgan fingerprint density at radius 2 is 2.33 bits per heavy atom. The Bertz CT molecular complexity index is 422. The van der Waals surface area contributed by atoms with Gasteiger partial charge < -0.3 is 5.73 Å². The molecule has 0 unspecified atom stereocenters. The third-order valence-corrected chi connectivity index (χ3v) is 4.12. The van der Waals surface area contributed by atoms with Crippen molar-refractivity contribution in [2.75, 3.05) is 13.1 Å². The Morgan fingerprint density at radius 3 is 2.80 bits per heavy atom. The summed E-state index contributed by atoms with van der Waals surface area (Å²) in [6, 6.07) is 1.42. The monoisotopic (exact) mass is 230 g/mol. The highest BCUT2D eigenvalue weighted by atomic mass is 32.2. The van der Waals surface area contributed by atoms with Crippen LogP contribution in [0.3, 0.4) is 0 Å². The topological polar surface area (TPSA) is 101 Å². The fraction of sp³-hybridized carbons (Fsp3) is 0.625. The van der Waals surface area contributed by atoms with Crippen molar-refractivity contribution in [2.24, 2.45) is 11.1 Å². The minimum absolute atomic E-state index is 0.00685. The minimum Gasteiger partial charge on any atom is -0.330 e. The van der Waals surface area contributed by atoms with E-state index in [2.05, 4.69) is 14.9 Å². The summed E-state index contributed by atoms with van der Waals surface area (Å²) in [4.78, 5) is 0. The van der Waals surface area contributed by atoms with E-state index in [0.717, 1.165) is 12.8 Å². The molecule has 0 aromatic carbocycles. The van der Waals surface area contributed by atoms with Crippen LogP contribution in [-0.2, 0) is 10.0 Å². The van der Waals surface area contributed by atoms with Crippen molar-refractivity contribution in [3.8, 4) is 0 Å². The molecule has 1 fully saturated rings. The number of nitrogens with two attached hydrogens (primary N) is 1. The maximum Gasteiger partial charge on any atom is 0.257 e. The molecule has 1 saturated carbocycles. The van der Waals surface area contributed by atoms with Gasteiger partial charge in [-0.1, -0.05) is 0 Å². The van der Waals surface area contributed by atoms with Crippen LogP contribution in [0.2, 0.25) is 0 Å². The van der Waals surface area contributed by atoms with E-state index in [1.54, 1.807) is 0 Å². The van der Waals surface area contributed by atoms with E-state index in [4.69, 9.17) is 5.73 Å². The quantitative estimate of drug-likeness (QED) is 0.630. The van der Waals surface area contributed by atoms with E-state index in [0.29, 0.717) is 13.1 Å². The molecule has 84 valence electrons. The van der Waals surface area contributed by atoms with Gasteiger partial charge in [-0.3, -0.25) is 5.10 Å². The number of nitrogens with zero attached hydrogens (tertiary/aromatic N) is 1. The summed E-state index contributed by atoms with van der Waals surface area (Å²) in [7, 11) is -3.44. The Balaban J connectivity index is 2.00. The standard InChI is InChI=1S/C8H14N4O2S/c9-5-8(2-3-8)6-11-15(13,14)7-1-4-10-12-7/h1,4,11H,2-3,5-6,9H2,(H,10,12). The lowest BCUT2D eigenvalue weighted by Gasteiger charge is -2.12. The molecule has 1 aromatic heterocycles. The van der Waals surface area contributed by atoms with Gasteiger partial charge >= 0.3 is 0 Å². The first-order valence-electron chi connectivity index (χ1n) is 4.77. The first-order chi connectivity index (χ1) is 7.08. The second kappa shape index (κ2) is 3.58. The zero-order valence-corrected chi connectivity index (χ0v) is 9.05. The highest BCUT2D eigenvalue weighted by Crippen LogP contribution is 2.43. The molecule has 4 N–H and O–H groups in total. The molecular weight excluding hydrogens is 216 g/mol. The van der Waals surface area contributed by atoms with Crippen molar-refractivity contribution >= 4 is 10.0 Å². The number of rotatable bonds is 5. The molecule has 0 aliphatic heterocycles. The Labute approximate surface area is 88.3 Å². The molecule has 0 saturated heterocycles. The number of aromatic amines is 1. The summed E-state index contributed by atoms with van der Waals surface area (Å²) < 4.78 is 25.9. The van der Waals surface area contributed by atoms with Gasteiger partial charge in [-0.25, -0.2) is 13.1 Å². The molecule has 1 aliphatic carbocycles. The third kappa shape index (κ3) is 2.19. The highest BCUT2D eigenvalue weighted by molar-refractivity contribution is 7.89. The van der Waals surface area contributed by atoms with Crippen molar-refractivity contribution in [3.05, 3.63) is 12.3 Å². The summed E-state index contributed by atoms with van der Waals surface area (Å²) >= 11 is 0. The lowest BCUT2D eigenvalue weighted by molar-refractivity contribution is 0.499. The van der Waals surface area contributed by atoms with Gasteiger partial charge in [0.25, 0.3) is 10.0 Å². The molecule has 0 atom stereocenters. The lowest BCUT2D eigenvalue weighted by atomic mass is 10.1. The molecule has 1 aromatic rings. The van der Waals surface area contributed by atoms with E-state index in [-0.39, 0.29) is 10.4 Å². The normalized spacial score (nSPS) is 19.0. The highest BCUT2D eigenvalue weighted by Gasteiger charge is 2.41. The van der Waals surface area contributed by atoms with Crippen LogP contribution in [0.5, 0.6) is 0 Å². The molecule has 6 nitrogen and oxygen atoms in total. The van der Waals surface area contributed by atoms with Gasteiger partial charge in [-0.05, 0) is 30.9 Å². The summed E-state index contributed by atoms with van der Waals surface area (Å²) in [5, 5.41) is 6.11.